The van der Waals surface area contributed by atoms with Gasteiger partial charge >= 0.3 is 12.5 Å². The number of aromatic hydroxyl groups is 1. The third kappa shape index (κ3) is 3.14. The van der Waals surface area contributed by atoms with E-state index < -0.39 is 42.0 Å². The lowest BCUT2D eigenvalue weighted by atomic mass is 10.1. The van der Waals surface area contributed by atoms with Gasteiger partial charge in [-0.3, -0.25) is 0 Å². The summed E-state index contributed by atoms with van der Waals surface area (Å²) >= 11 is 0. The summed E-state index contributed by atoms with van der Waals surface area (Å²) in [5.41, 5.74) is -3.46. The quantitative estimate of drug-likeness (QED) is 0.845. The summed E-state index contributed by atoms with van der Waals surface area (Å²) < 4.78 is 88.5. The molecule has 0 unspecified atom stereocenters. The van der Waals surface area contributed by atoms with Crippen LogP contribution >= 0.6 is 0 Å². The zero-order valence-corrected chi connectivity index (χ0v) is 8.23. The lowest BCUT2D eigenvalue weighted by Crippen LogP contribution is -2.22. The van der Waals surface area contributed by atoms with Gasteiger partial charge in [0.25, 0.3) is 0 Å². The van der Waals surface area contributed by atoms with Crippen molar-refractivity contribution in [1.82, 2.24) is 4.98 Å². The molecule has 0 aromatic carbocycles. The van der Waals surface area contributed by atoms with E-state index in [9.17, 15) is 30.7 Å². The molecule has 0 spiro atoms. The Morgan fingerprint density at radius 3 is 2.11 bits per heavy atom. The van der Waals surface area contributed by atoms with Crippen LogP contribution in [0.25, 0.3) is 0 Å². The Bertz CT molecular complexity index is 440. The number of rotatable bonds is 2. The molecule has 0 aliphatic rings. The Balaban J connectivity index is 3.43. The number of hydrogen-bond donors (Lipinski definition) is 1. The minimum Gasteiger partial charge on any atom is -0.506 e. The Morgan fingerprint density at radius 1 is 1.17 bits per heavy atom. The second-order valence-electron chi connectivity index (χ2n) is 2.98. The van der Waals surface area contributed by atoms with E-state index >= 15 is 0 Å². The molecule has 0 saturated carbocycles. The van der Waals surface area contributed by atoms with Crippen LogP contribution in [0.5, 0.6) is 11.6 Å². The average molecular weight is 279 g/mol. The van der Waals surface area contributed by atoms with Crippen LogP contribution in [0.3, 0.4) is 0 Å². The second kappa shape index (κ2) is 4.50. The minimum absolute atomic E-state index is 0.241. The zero-order chi connectivity index (χ0) is 14.1. The molecule has 0 saturated heterocycles. The molecule has 0 amide bonds. The van der Waals surface area contributed by atoms with Crippen molar-refractivity contribution in [2.24, 2.45) is 0 Å². The van der Waals surface area contributed by atoms with Crippen molar-refractivity contribution in [2.75, 3.05) is 0 Å². The van der Waals surface area contributed by atoms with Crippen molar-refractivity contribution >= 4 is 0 Å². The van der Waals surface area contributed by atoms with Gasteiger partial charge in [0.1, 0.15) is 18.0 Å². The van der Waals surface area contributed by atoms with Gasteiger partial charge in [0, 0.05) is 5.56 Å². The number of halogens is 7. The summed E-state index contributed by atoms with van der Waals surface area (Å²) in [5, 5.41) is 8.94. The summed E-state index contributed by atoms with van der Waals surface area (Å²) in [6.45, 7) is -1.82. The third-order valence-electron chi connectivity index (χ3n) is 1.76. The first-order valence-corrected chi connectivity index (χ1v) is 4.16. The number of alkyl halides is 7. The normalized spacial score (nSPS) is 12.6. The molecule has 1 heterocycles. The molecule has 1 aromatic heterocycles. The van der Waals surface area contributed by atoms with E-state index in [1.54, 1.807) is 0 Å². The predicted molar refractivity (Wildman–Crippen MR) is 42.4 cm³/mol. The Kier molecular flexibility index (Phi) is 3.58. The van der Waals surface area contributed by atoms with Crippen molar-refractivity contribution in [3.63, 3.8) is 0 Å². The average Bonchev–Trinajstić information content (AvgIpc) is 2.16. The summed E-state index contributed by atoms with van der Waals surface area (Å²) in [6, 6.07) is 0. The predicted octanol–water partition coefficient (Wildman–Crippen LogP) is 3.17. The van der Waals surface area contributed by atoms with Gasteiger partial charge in [-0.2, -0.15) is 13.2 Å². The largest absolute Gasteiger partial charge is 0.574 e. The van der Waals surface area contributed by atoms with E-state index in [1.165, 1.54) is 0 Å². The number of aromatic nitrogens is 1. The van der Waals surface area contributed by atoms with E-state index in [0.29, 0.717) is 0 Å². The smallest absolute Gasteiger partial charge is 0.506 e. The third-order valence-corrected chi connectivity index (χ3v) is 1.76. The molecule has 18 heavy (non-hydrogen) atoms. The lowest BCUT2D eigenvalue weighted by Gasteiger charge is -2.17. The molecule has 1 rings (SSSR count). The lowest BCUT2D eigenvalue weighted by molar-refractivity contribution is -0.278. The van der Waals surface area contributed by atoms with Crippen LogP contribution in [-0.4, -0.2) is 16.5 Å². The van der Waals surface area contributed by atoms with Crippen molar-refractivity contribution in [1.29, 1.82) is 0 Å². The van der Waals surface area contributed by atoms with Crippen molar-refractivity contribution < 1.29 is 40.6 Å². The fourth-order valence-corrected chi connectivity index (χ4v) is 1.13. The minimum atomic E-state index is -5.42. The number of nitrogens with zero attached hydrogens (tertiary/aromatic N) is 1. The van der Waals surface area contributed by atoms with Crippen LogP contribution in [0, 0.1) is 0 Å². The SMILES string of the molecule is Oc1cnc(OC(F)(F)F)c(C(F)(F)F)c1CF. The van der Waals surface area contributed by atoms with Crippen LogP contribution < -0.4 is 4.74 Å². The number of ether oxygens (including phenoxy) is 1. The van der Waals surface area contributed by atoms with Gasteiger partial charge in [0.2, 0.25) is 5.88 Å². The fraction of sp³-hybridized carbons (Fsp3) is 0.375. The number of hydrogen-bond acceptors (Lipinski definition) is 3. The molecule has 0 atom stereocenters. The van der Waals surface area contributed by atoms with E-state index in [4.69, 9.17) is 5.11 Å². The molecule has 102 valence electrons. The Labute approximate surface area is 94.8 Å². The highest BCUT2D eigenvalue weighted by molar-refractivity contribution is 5.44. The molecular formula is C8H4F7NO2. The standard InChI is InChI=1S/C8H4F7NO2/c9-1-3-4(17)2-16-6(18-8(13,14)15)5(3)7(10,11)12/h2,17H,1H2. The number of pyridine rings is 1. The molecule has 0 radical (unpaired) electrons. The maximum atomic E-state index is 12.5. The van der Waals surface area contributed by atoms with Gasteiger partial charge in [0.05, 0.1) is 6.20 Å². The first kappa shape index (κ1) is 14.3. The molecular weight excluding hydrogens is 275 g/mol. The van der Waals surface area contributed by atoms with Gasteiger partial charge in [-0.1, -0.05) is 0 Å². The highest BCUT2D eigenvalue weighted by Crippen LogP contribution is 2.42. The van der Waals surface area contributed by atoms with E-state index in [0.717, 1.165) is 0 Å². The molecule has 0 bridgehead atoms. The molecule has 0 aliphatic heterocycles. The van der Waals surface area contributed by atoms with Crippen LogP contribution in [0.15, 0.2) is 6.20 Å². The topological polar surface area (TPSA) is 42.4 Å². The summed E-state index contributed by atoms with van der Waals surface area (Å²) in [6.07, 6.45) is -10.5. The molecule has 0 aliphatic carbocycles. The van der Waals surface area contributed by atoms with Crippen LogP contribution in [0.2, 0.25) is 0 Å². The van der Waals surface area contributed by atoms with E-state index in [1.807, 2.05) is 0 Å². The van der Waals surface area contributed by atoms with Gasteiger partial charge in [-0.15, -0.1) is 13.2 Å². The van der Waals surface area contributed by atoms with Crippen molar-refractivity contribution in [2.45, 2.75) is 19.2 Å². The summed E-state index contributed by atoms with van der Waals surface area (Å²) in [7, 11) is 0. The Hall–Kier alpha value is -1.74. The van der Waals surface area contributed by atoms with Crippen molar-refractivity contribution in [3.05, 3.63) is 17.3 Å². The maximum absolute atomic E-state index is 12.5. The molecule has 3 nitrogen and oxygen atoms in total. The highest BCUT2D eigenvalue weighted by Gasteiger charge is 2.43. The summed E-state index contributed by atoms with van der Waals surface area (Å²) in [4.78, 5) is 2.66. The van der Waals surface area contributed by atoms with Gasteiger partial charge in [-0.05, 0) is 0 Å². The summed E-state index contributed by atoms with van der Waals surface area (Å²) in [5.74, 6) is -3.07. The van der Waals surface area contributed by atoms with Crippen molar-refractivity contribution in [3.8, 4) is 11.6 Å². The molecule has 1 N–H and O–H groups in total. The van der Waals surface area contributed by atoms with Gasteiger partial charge < -0.3 is 9.84 Å². The van der Waals surface area contributed by atoms with E-state index in [2.05, 4.69) is 9.72 Å². The molecule has 10 heteroatoms. The first-order chi connectivity index (χ1) is 8.06. The molecule has 1 aromatic rings. The van der Waals surface area contributed by atoms with Crippen LogP contribution in [0.1, 0.15) is 11.1 Å². The Morgan fingerprint density at radius 2 is 1.72 bits per heavy atom. The highest BCUT2D eigenvalue weighted by atomic mass is 19.4. The van der Waals surface area contributed by atoms with Gasteiger partial charge in [0.15, 0.2) is 0 Å². The van der Waals surface area contributed by atoms with E-state index in [-0.39, 0.29) is 6.20 Å². The fourth-order valence-electron chi connectivity index (χ4n) is 1.13. The first-order valence-electron chi connectivity index (χ1n) is 4.16. The zero-order valence-electron chi connectivity index (χ0n) is 8.23. The maximum Gasteiger partial charge on any atom is 0.574 e. The monoisotopic (exact) mass is 279 g/mol. The van der Waals surface area contributed by atoms with Gasteiger partial charge in [-0.25, -0.2) is 9.37 Å². The van der Waals surface area contributed by atoms with Crippen LogP contribution in [0.4, 0.5) is 30.7 Å². The molecule has 0 fully saturated rings. The second-order valence-corrected chi connectivity index (χ2v) is 2.98. The van der Waals surface area contributed by atoms with Crippen LogP contribution in [-0.2, 0) is 12.9 Å².